The predicted molar refractivity (Wildman–Crippen MR) is 94.3 cm³/mol. The first-order valence-corrected chi connectivity index (χ1v) is 8.87. The van der Waals surface area contributed by atoms with Crippen LogP contribution in [0.2, 0.25) is 0 Å². The second kappa shape index (κ2) is 10.2. The molecule has 1 heteroatoms. The van der Waals surface area contributed by atoms with Crippen molar-refractivity contribution in [2.45, 2.75) is 106 Å². The van der Waals surface area contributed by atoms with E-state index in [9.17, 15) is 4.79 Å². The zero-order valence-electron chi connectivity index (χ0n) is 15.5. The Hall–Kier alpha value is -0.550. The number of allylic oxidation sites excluding steroid dienone is 1. The van der Waals surface area contributed by atoms with Gasteiger partial charge in [-0.15, -0.1) is 0 Å². The molecule has 0 N–H and O–H groups in total. The molecule has 0 aliphatic heterocycles. The molecule has 0 aromatic carbocycles. The van der Waals surface area contributed by atoms with E-state index in [0.29, 0.717) is 10.8 Å². The first kappa shape index (κ1) is 20.5. The highest BCUT2D eigenvalue weighted by atomic mass is 16.1. The Balaban J connectivity index is 3.62. The van der Waals surface area contributed by atoms with Gasteiger partial charge < -0.3 is 0 Å². The van der Waals surface area contributed by atoms with Crippen LogP contribution in [0.1, 0.15) is 106 Å². The van der Waals surface area contributed by atoms with Gasteiger partial charge in [-0.2, -0.15) is 0 Å². The summed E-state index contributed by atoms with van der Waals surface area (Å²) in [6.45, 7) is 13.8. The summed E-state index contributed by atoms with van der Waals surface area (Å²) in [6.07, 6.45) is 11.8. The Labute approximate surface area is 133 Å². The van der Waals surface area contributed by atoms with Crippen LogP contribution < -0.4 is 0 Å². The fourth-order valence-electron chi connectivity index (χ4n) is 2.57. The van der Waals surface area contributed by atoms with Gasteiger partial charge >= 0.3 is 0 Å². The van der Waals surface area contributed by atoms with Crippen LogP contribution in [0, 0.1) is 10.8 Å². The SMILES string of the molecule is CC(C)(C)CCCCCC(=C=O)CCCCCC(C)(C)C. The number of unbranched alkanes of at least 4 members (excludes halogenated alkanes) is 4. The lowest BCUT2D eigenvalue weighted by atomic mass is 9.88. The van der Waals surface area contributed by atoms with Crippen LogP contribution in [0.25, 0.3) is 0 Å². The van der Waals surface area contributed by atoms with Crippen LogP contribution in [-0.2, 0) is 4.79 Å². The molecule has 0 amide bonds. The van der Waals surface area contributed by atoms with Gasteiger partial charge in [0.25, 0.3) is 0 Å². The molecule has 0 spiro atoms. The fraction of sp³-hybridized carbons (Fsp3) is 0.900. The summed E-state index contributed by atoms with van der Waals surface area (Å²) in [5.74, 6) is 2.18. The van der Waals surface area contributed by atoms with Crippen LogP contribution in [0.5, 0.6) is 0 Å². The van der Waals surface area contributed by atoms with Gasteiger partial charge in [0.15, 0.2) is 0 Å². The third-order valence-corrected chi connectivity index (χ3v) is 3.95. The molecule has 0 atom stereocenters. The third-order valence-electron chi connectivity index (χ3n) is 3.95. The molecular formula is C20H38O. The number of carbonyl (C=O) groups excluding carboxylic acids is 1. The van der Waals surface area contributed by atoms with Crippen molar-refractivity contribution >= 4 is 5.94 Å². The number of hydrogen-bond donors (Lipinski definition) is 0. The van der Waals surface area contributed by atoms with E-state index in [-0.39, 0.29) is 0 Å². The van der Waals surface area contributed by atoms with E-state index in [4.69, 9.17) is 0 Å². The van der Waals surface area contributed by atoms with Crippen molar-refractivity contribution in [2.75, 3.05) is 0 Å². The molecule has 0 fully saturated rings. The van der Waals surface area contributed by atoms with E-state index in [1.54, 1.807) is 0 Å². The van der Waals surface area contributed by atoms with Gasteiger partial charge in [0.1, 0.15) is 5.94 Å². The molecular weight excluding hydrogens is 256 g/mol. The predicted octanol–water partition coefficient (Wildman–Crippen LogP) is 6.74. The lowest BCUT2D eigenvalue weighted by Crippen LogP contribution is -2.04. The summed E-state index contributed by atoms with van der Waals surface area (Å²) in [7, 11) is 0. The van der Waals surface area contributed by atoms with E-state index in [1.165, 1.54) is 38.5 Å². The zero-order chi connectivity index (χ0) is 16.4. The largest absolute Gasteiger partial charge is 0.234 e. The average molecular weight is 295 g/mol. The van der Waals surface area contributed by atoms with E-state index in [2.05, 4.69) is 47.5 Å². The molecule has 0 aliphatic carbocycles. The highest BCUT2D eigenvalue weighted by molar-refractivity contribution is 5.52. The molecule has 0 radical (unpaired) electrons. The second-order valence-electron chi connectivity index (χ2n) is 8.95. The van der Waals surface area contributed by atoms with E-state index in [0.717, 1.165) is 31.3 Å². The molecule has 0 rings (SSSR count). The molecule has 124 valence electrons. The van der Waals surface area contributed by atoms with E-state index >= 15 is 0 Å². The van der Waals surface area contributed by atoms with Gasteiger partial charge in [-0.05, 0) is 49.4 Å². The summed E-state index contributed by atoms with van der Waals surface area (Å²) < 4.78 is 0. The Morgan fingerprint density at radius 1 is 0.667 bits per heavy atom. The van der Waals surface area contributed by atoms with E-state index < -0.39 is 0 Å². The summed E-state index contributed by atoms with van der Waals surface area (Å²) in [4.78, 5) is 11.0. The van der Waals surface area contributed by atoms with Gasteiger partial charge in [-0.1, -0.05) is 67.2 Å². The van der Waals surface area contributed by atoms with Gasteiger partial charge in [0, 0.05) is 5.57 Å². The molecule has 0 heterocycles. The normalized spacial score (nSPS) is 12.3. The van der Waals surface area contributed by atoms with Crippen LogP contribution >= 0.6 is 0 Å². The molecule has 1 nitrogen and oxygen atoms in total. The molecule has 0 unspecified atom stereocenters. The standard InChI is InChI=1S/C20H38O/c1-19(2,3)15-11-7-9-13-18(17-21)14-10-8-12-16-20(4,5)6/h7-16H2,1-6H3. The van der Waals surface area contributed by atoms with Crippen molar-refractivity contribution in [3.05, 3.63) is 5.57 Å². The van der Waals surface area contributed by atoms with Crippen molar-refractivity contribution in [1.82, 2.24) is 0 Å². The Kier molecular flexibility index (Phi) is 9.95. The van der Waals surface area contributed by atoms with E-state index in [1.807, 2.05) is 0 Å². The minimum absolute atomic E-state index is 0.441. The first-order valence-electron chi connectivity index (χ1n) is 8.87. The zero-order valence-corrected chi connectivity index (χ0v) is 15.5. The maximum Gasteiger partial charge on any atom is 0.123 e. The van der Waals surface area contributed by atoms with Crippen molar-refractivity contribution in [2.24, 2.45) is 10.8 Å². The topological polar surface area (TPSA) is 17.1 Å². The summed E-state index contributed by atoms with van der Waals surface area (Å²) >= 11 is 0. The summed E-state index contributed by atoms with van der Waals surface area (Å²) in [5.41, 5.74) is 1.90. The van der Waals surface area contributed by atoms with Crippen LogP contribution in [-0.4, -0.2) is 5.94 Å². The number of hydrogen-bond acceptors (Lipinski definition) is 1. The second-order valence-corrected chi connectivity index (χ2v) is 8.95. The Morgan fingerprint density at radius 3 is 1.33 bits per heavy atom. The molecule has 0 saturated carbocycles. The van der Waals surface area contributed by atoms with Crippen molar-refractivity contribution in [3.8, 4) is 0 Å². The molecule has 0 aromatic rings. The van der Waals surface area contributed by atoms with Crippen LogP contribution in [0.15, 0.2) is 5.57 Å². The first-order chi connectivity index (χ1) is 9.64. The van der Waals surface area contributed by atoms with Crippen LogP contribution in [0.4, 0.5) is 0 Å². The molecule has 0 bridgehead atoms. The highest BCUT2D eigenvalue weighted by Crippen LogP contribution is 2.24. The third kappa shape index (κ3) is 15.7. The quantitative estimate of drug-likeness (QED) is 0.322. The Morgan fingerprint density at radius 2 is 1.05 bits per heavy atom. The lowest BCUT2D eigenvalue weighted by Gasteiger charge is -2.17. The minimum atomic E-state index is 0.441. The van der Waals surface area contributed by atoms with Crippen LogP contribution in [0.3, 0.4) is 0 Å². The van der Waals surface area contributed by atoms with Crippen molar-refractivity contribution < 1.29 is 4.79 Å². The monoisotopic (exact) mass is 294 g/mol. The minimum Gasteiger partial charge on any atom is -0.234 e. The lowest BCUT2D eigenvalue weighted by molar-refractivity contribution is 0.356. The molecule has 21 heavy (non-hydrogen) atoms. The van der Waals surface area contributed by atoms with Crippen molar-refractivity contribution in [1.29, 1.82) is 0 Å². The van der Waals surface area contributed by atoms with Gasteiger partial charge in [0.05, 0.1) is 0 Å². The Bertz CT molecular complexity index is 282. The highest BCUT2D eigenvalue weighted by Gasteiger charge is 2.10. The average Bonchev–Trinajstić information content (AvgIpc) is 2.32. The summed E-state index contributed by atoms with van der Waals surface area (Å²) in [5, 5.41) is 0. The number of rotatable bonds is 10. The molecule has 0 aromatic heterocycles. The molecule has 0 saturated heterocycles. The van der Waals surface area contributed by atoms with Gasteiger partial charge in [-0.3, -0.25) is 0 Å². The fourth-order valence-corrected chi connectivity index (χ4v) is 2.57. The van der Waals surface area contributed by atoms with Gasteiger partial charge in [0.2, 0.25) is 0 Å². The smallest absolute Gasteiger partial charge is 0.123 e. The molecule has 0 aliphatic rings. The van der Waals surface area contributed by atoms with Crippen molar-refractivity contribution in [3.63, 3.8) is 0 Å². The maximum atomic E-state index is 11.0. The maximum absolute atomic E-state index is 11.0. The van der Waals surface area contributed by atoms with Gasteiger partial charge in [-0.25, -0.2) is 4.79 Å². The summed E-state index contributed by atoms with van der Waals surface area (Å²) in [6, 6.07) is 0.